The molecule has 3 heteroatoms. The third-order valence-corrected chi connectivity index (χ3v) is 2.19. The second-order valence-electron chi connectivity index (χ2n) is 2.60. The molecule has 0 atom stereocenters. The van der Waals surface area contributed by atoms with Gasteiger partial charge < -0.3 is 5.32 Å². The fourth-order valence-corrected chi connectivity index (χ4v) is 1.58. The normalized spacial score (nSPS) is 9.92. The number of nitrogens with one attached hydrogen (secondary N) is 1. The molecule has 0 spiro atoms. The third-order valence-electron chi connectivity index (χ3n) is 1.53. The highest BCUT2D eigenvalue weighted by atomic mass is 79.9. The molecule has 0 heterocycles. The zero-order valence-electron chi connectivity index (χ0n) is 6.90. The standard InChI is InChI=1S/C9H11BrFN/c1-7-2-3-9(8(10)6-7)12-5-4-11/h2-3,6,12H,4-5H2,1H3. The first-order valence-corrected chi connectivity index (χ1v) is 4.59. The highest BCUT2D eigenvalue weighted by Gasteiger charge is 1.97. The fraction of sp³-hybridized carbons (Fsp3) is 0.333. The van der Waals surface area contributed by atoms with E-state index in [1.807, 2.05) is 25.1 Å². The van der Waals surface area contributed by atoms with E-state index in [0.29, 0.717) is 6.54 Å². The molecule has 0 aliphatic heterocycles. The van der Waals surface area contributed by atoms with E-state index >= 15 is 0 Å². The van der Waals surface area contributed by atoms with Gasteiger partial charge in [-0.25, -0.2) is 4.39 Å². The van der Waals surface area contributed by atoms with E-state index in [2.05, 4.69) is 21.2 Å². The summed E-state index contributed by atoms with van der Waals surface area (Å²) >= 11 is 3.39. The topological polar surface area (TPSA) is 12.0 Å². The van der Waals surface area contributed by atoms with Crippen molar-refractivity contribution in [2.75, 3.05) is 18.5 Å². The van der Waals surface area contributed by atoms with Crippen LogP contribution in [0.4, 0.5) is 10.1 Å². The Hall–Kier alpha value is -0.570. The maximum absolute atomic E-state index is 11.8. The molecule has 1 rings (SSSR count). The van der Waals surface area contributed by atoms with Crippen molar-refractivity contribution < 1.29 is 4.39 Å². The predicted molar refractivity (Wildman–Crippen MR) is 53.3 cm³/mol. The number of alkyl halides is 1. The van der Waals surface area contributed by atoms with Crippen LogP contribution in [0.2, 0.25) is 0 Å². The average molecular weight is 232 g/mol. The Bertz CT molecular complexity index is 263. The molecule has 1 aromatic carbocycles. The number of anilines is 1. The number of halogens is 2. The zero-order valence-corrected chi connectivity index (χ0v) is 8.49. The SMILES string of the molecule is Cc1ccc(NCCF)c(Br)c1. The molecule has 0 aliphatic carbocycles. The lowest BCUT2D eigenvalue weighted by Gasteiger charge is -2.06. The minimum atomic E-state index is -0.347. The minimum absolute atomic E-state index is 0.347. The van der Waals surface area contributed by atoms with Gasteiger partial charge in [-0.05, 0) is 40.5 Å². The number of aryl methyl sites for hydroxylation is 1. The van der Waals surface area contributed by atoms with Gasteiger partial charge >= 0.3 is 0 Å². The van der Waals surface area contributed by atoms with Gasteiger partial charge in [-0.1, -0.05) is 6.07 Å². The van der Waals surface area contributed by atoms with Crippen LogP contribution < -0.4 is 5.32 Å². The molecule has 66 valence electrons. The van der Waals surface area contributed by atoms with E-state index < -0.39 is 0 Å². The van der Waals surface area contributed by atoms with Gasteiger partial charge in [0.15, 0.2) is 0 Å². The Kier molecular flexibility index (Phi) is 3.53. The van der Waals surface area contributed by atoms with Crippen molar-refractivity contribution in [3.8, 4) is 0 Å². The molecule has 0 aromatic heterocycles. The van der Waals surface area contributed by atoms with Crippen molar-refractivity contribution in [3.63, 3.8) is 0 Å². The quantitative estimate of drug-likeness (QED) is 0.844. The molecule has 0 amide bonds. The van der Waals surface area contributed by atoms with Crippen molar-refractivity contribution in [2.45, 2.75) is 6.92 Å². The summed E-state index contributed by atoms with van der Waals surface area (Å²) < 4.78 is 12.8. The summed E-state index contributed by atoms with van der Waals surface area (Å²) in [5.74, 6) is 0. The minimum Gasteiger partial charge on any atom is -0.382 e. The van der Waals surface area contributed by atoms with Crippen molar-refractivity contribution in [2.24, 2.45) is 0 Å². The van der Waals surface area contributed by atoms with Gasteiger partial charge in [0.1, 0.15) is 6.67 Å². The summed E-state index contributed by atoms with van der Waals surface area (Å²) in [7, 11) is 0. The maximum atomic E-state index is 11.8. The van der Waals surface area contributed by atoms with Gasteiger partial charge in [-0.3, -0.25) is 0 Å². The third kappa shape index (κ3) is 2.48. The number of hydrogen-bond acceptors (Lipinski definition) is 1. The van der Waals surface area contributed by atoms with Gasteiger partial charge in [-0.2, -0.15) is 0 Å². The fourth-order valence-electron chi connectivity index (χ4n) is 0.945. The van der Waals surface area contributed by atoms with Crippen LogP contribution in [0, 0.1) is 6.92 Å². The van der Waals surface area contributed by atoms with Gasteiger partial charge in [0.2, 0.25) is 0 Å². The van der Waals surface area contributed by atoms with Crippen LogP contribution in [0.3, 0.4) is 0 Å². The van der Waals surface area contributed by atoms with Crippen LogP contribution in [0.25, 0.3) is 0 Å². The molecule has 0 saturated carbocycles. The highest BCUT2D eigenvalue weighted by molar-refractivity contribution is 9.10. The van der Waals surface area contributed by atoms with Crippen molar-refractivity contribution in [1.82, 2.24) is 0 Å². The Morgan fingerprint density at radius 2 is 2.25 bits per heavy atom. The van der Waals surface area contributed by atoms with E-state index in [1.54, 1.807) is 0 Å². The first kappa shape index (κ1) is 9.52. The smallest absolute Gasteiger partial charge is 0.107 e. The molecule has 1 nitrogen and oxygen atoms in total. The molecule has 12 heavy (non-hydrogen) atoms. The van der Waals surface area contributed by atoms with E-state index in [0.717, 1.165) is 10.2 Å². The van der Waals surface area contributed by atoms with Crippen LogP contribution >= 0.6 is 15.9 Å². The van der Waals surface area contributed by atoms with Crippen molar-refractivity contribution in [3.05, 3.63) is 28.2 Å². The second kappa shape index (κ2) is 4.45. The first-order valence-electron chi connectivity index (χ1n) is 3.80. The Balaban J connectivity index is 2.72. The molecule has 0 aliphatic rings. The van der Waals surface area contributed by atoms with Gasteiger partial charge in [-0.15, -0.1) is 0 Å². The van der Waals surface area contributed by atoms with Crippen molar-refractivity contribution in [1.29, 1.82) is 0 Å². The highest BCUT2D eigenvalue weighted by Crippen LogP contribution is 2.22. The van der Waals surface area contributed by atoms with E-state index in [9.17, 15) is 4.39 Å². The number of rotatable bonds is 3. The zero-order chi connectivity index (χ0) is 8.97. The number of hydrogen-bond donors (Lipinski definition) is 1. The predicted octanol–water partition coefficient (Wildman–Crippen LogP) is 3.14. The molecule has 0 radical (unpaired) electrons. The van der Waals surface area contributed by atoms with E-state index in [4.69, 9.17) is 0 Å². The average Bonchev–Trinajstić information content (AvgIpc) is 2.03. The maximum Gasteiger partial charge on any atom is 0.107 e. The van der Waals surface area contributed by atoms with Crippen LogP contribution in [0.5, 0.6) is 0 Å². The van der Waals surface area contributed by atoms with E-state index in [1.165, 1.54) is 5.56 Å². The van der Waals surface area contributed by atoms with Gasteiger partial charge in [0, 0.05) is 16.7 Å². The molecule has 0 saturated heterocycles. The second-order valence-corrected chi connectivity index (χ2v) is 3.45. The lowest BCUT2D eigenvalue weighted by atomic mass is 10.2. The summed E-state index contributed by atoms with van der Waals surface area (Å²) in [5, 5.41) is 2.97. The van der Waals surface area contributed by atoms with Crippen LogP contribution in [-0.2, 0) is 0 Å². The van der Waals surface area contributed by atoms with Crippen LogP contribution in [-0.4, -0.2) is 13.2 Å². The molecule has 1 N–H and O–H groups in total. The summed E-state index contributed by atoms with van der Waals surface area (Å²) in [6.45, 7) is 2.03. The molecule has 1 aromatic rings. The molecular weight excluding hydrogens is 221 g/mol. The first-order chi connectivity index (χ1) is 5.74. The number of benzene rings is 1. The Labute approximate surface area is 80.1 Å². The lowest BCUT2D eigenvalue weighted by molar-refractivity contribution is 0.512. The lowest BCUT2D eigenvalue weighted by Crippen LogP contribution is -2.03. The summed E-state index contributed by atoms with van der Waals surface area (Å²) in [4.78, 5) is 0. The van der Waals surface area contributed by atoms with Crippen LogP contribution in [0.1, 0.15) is 5.56 Å². The van der Waals surface area contributed by atoms with Gasteiger partial charge in [0.05, 0.1) is 0 Å². The summed E-state index contributed by atoms with van der Waals surface area (Å²) in [6.07, 6.45) is 0. The molecule has 0 bridgehead atoms. The molecule has 0 fully saturated rings. The van der Waals surface area contributed by atoms with E-state index in [-0.39, 0.29) is 6.67 Å². The van der Waals surface area contributed by atoms with Gasteiger partial charge in [0.25, 0.3) is 0 Å². The Morgan fingerprint density at radius 3 is 2.83 bits per heavy atom. The van der Waals surface area contributed by atoms with Crippen molar-refractivity contribution >= 4 is 21.6 Å². The van der Waals surface area contributed by atoms with Crippen LogP contribution in [0.15, 0.2) is 22.7 Å². The Morgan fingerprint density at radius 1 is 1.50 bits per heavy atom. The summed E-state index contributed by atoms with van der Waals surface area (Å²) in [5.41, 5.74) is 2.13. The summed E-state index contributed by atoms with van der Waals surface area (Å²) in [6, 6.07) is 5.93. The largest absolute Gasteiger partial charge is 0.382 e. The molecule has 0 unspecified atom stereocenters. The molecular formula is C9H11BrFN. The monoisotopic (exact) mass is 231 g/mol.